The fourth-order valence-electron chi connectivity index (χ4n) is 2.33. The first-order valence-corrected chi connectivity index (χ1v) is 8.45. The quantitative estimate of drug-likeness (QED) is 0.629. The van der Waals surface area contributed by atoms with Gasteiger partial charge in [-0.25, -0.2) is 19.2 Å². The number of nitrogens with zero attached hydrogens (tertiary/aromatic N) is 3. The van der Waals surface area contributed by atoms with Crippen LogP contribution in [0.15, 0.2) is 48.4 Å². The minimum atomic E-state index is -0.481. The summed E-state index contributed by atoms with van der Waals surface area (Å²) in [5.41, 5.74) is 0.932. The molecule has 5 nitrogen and oxygen atoms in total. The van der Waals surface area contributed by atoms with Crippen LogP contribution in [0.2, 0.25) is 0 Å². The number of imidazole rings is 1. The number of carbonyl (C=O) groups is 1. The maximum absolute atomic E-state index is 13.1. The topological polar surface area (TPSA) is 57.0 Å². The van der Waals surface area contributed by atoms with Crippen molar-refractivity contribution >= 4 is 17.3 Å². The van der Waals surface area contributed by atoms with E-state index in [2.05, 4.69) is 9.97 Å². The summed E-state index contributed by atoms with van der Waals surface area (Å²) in [5, 5.41) is 2.63. The number of hydrogen-bond donors (Lipinski definition) is 0. The second-order valence-electron chi connectivity index (χ2n) is 5.18. The molecule has 2 heterocycles. The van der Waals surface area contributed by atoms with Crippen molar-refractivity contribution in [1.82, 2.24) is 14.5 Å². The molecular weight excluding hydrogens is 329 g/mol. The number of ether oxygens (including phenoxy) is 1. The summed E-state index contributed by atoms with van der Waals surface area (Å²) >= 11 is 1.46. The molecule has 0 saturated heterocycles. The highest BCUT2D eigenvalue weighted by atomic mass is 32.1. The second kappa shape index (κ2) is 7.35. The van der Waals surface area contributed by atoms with Crippen molar-refractivity contribution in [2.75, 3.05) is 0 Å². The zero-order chi connectivity index (χ0) is 16.9. The Bertz CT molecular complexity index is 800. The Morgan fingerprint density at radius 1 is 1.38 bits per heavy atom. The molecule has 0 aliphatic carbocycles. The smallest absolute Gasteiger partial charge is 0.357 e. The molecule has 3 aromatic rings. The molecule has 0 N–H and O–H groups in total. The Morgan fingerprint density at radius 2 is 2.17 bits per heavy atom. The normalized spacial score (nSPS) is 12.1. The number of rotatable bonds is 6. The standard InChI is InChI=1S/C17H16FN3O2S/c1-2-3-15(16-20-8-9-24-16)23-17(22)14-10-19-11-21(14)13-6-4-12(18)5-7-13/h4-11,15H,2-3H2,1H3. The van der Waals surface area contributed by atoms with Gasteiger partial charge in [-0.15, -0.1) is 11.3 Å². The summed E-state index contributed by atoms with van der Waals surface area (Å²) in [6, 6.07) is 5.83. The molecule has 1 aromatic carbocycles. The zero-order valence-electron chi connectivity index (χ0n) is 13.1. The van der Waals surface area contributed by atoms with Gasteiger partial charge in [-0.2, -0.15) is 0 Å². The molecule has 0 saturated carbocycles. The van der Waals surface area contributed by atoms with E-state index in [1.54, 1.807) is 22.9 Å². The molecule has 2 aromatic heterocycles. The van der Waals surface area contributed by atoms with E-state index in [1.165, 1.54) is 36.0 Å². The third kappa shape index (κ3) is 3.51. The van der Waals surface area contributed by atoms with Gasteiger partial charge in [0, 0.05) is 17.3 Å². The molecular formula is C17H16FN3O2S. The van der Waals surface area contributed by atoms with Gasteiger partial charge in [0.15, 0.2) is 11.8 Å². The van der Waals surface area contributed by atoms with Crippen LogP contribution in [0.5, 0.6) is 0 Å². The van der Waals surface area contributed by atoms with Gasteiger partial charge in [0.2, 0.25) is 0 Å². The molecule has 0 amide bonds. The summed E-state index contributed by atoms with van der Waals surface area (Å²) < 4.78 is 20.3. The minimum absolute atomic E-state index is 0.291. The van der Waals surface area contributed by atoms with Crippen LogP contribution in [0.4, 0.5) is 4.39 Å². The predicted octanol–water partition coefficient (Wildman–Crippen LogP) is 4.17. The lowest BCUT2D eigenvalue weighted by Gasteiger charge is -2.15. The van der Waals surface area contributed by atoms with Crippen molar-refractivity contribution in [3.63, 3.8) is 0 Å². The highest BCUT2D eigenvalue weighted by molar-refractivity contribution is 7.09. The van der Waals surface area contributed by atoms with Crippen molar-refractivity contribution < 1.29 is 13.9 Å². The predicted molar refractivity (Wildman–Crippen MR) is 88.7 cm³/mol. The highest BCUT2D eigenvalue weighted by Gasteiger charge is 2.22. The Morgan fingerprint density at radius 3 is 2.83 bits per heavy atom. The van der Waals surface area contributed by atoms with Crippen LogP contribution in [-0.4, -0.2) is 20.5 Å². The summed E-state index contributed by atoms with van der Waals surface area (Å²) in [6.45, 7) is 2.03. The molecule has 24 heavy (non-hydrogen) atoms. The molecule has 0 aliphatic heterocycles. The molecule has 0 fully saturated rings. The maximum Gasteiger partial charge on any atom is 0.357 e. The largest absolute Gasteiger partial charge is 0.450 e. The Hall–Kier alpha value is -2.54. The molecule has 0 radical (unpaired) electrons. The first kappa shape index (κ1) is 16.3. The molecule has 0 aliphatic rings. The van der Waals surface area contributed by atoms with Crippen molar-refractivity contribution in [2.24, 2.45) is 0 Å². The summed E-state index contributed by atoms with van der Waals surface area (Å²) in [6.07, 6.45) is 5.83. The van der Waals surface area contributed by atoms with E-state index in [0.29, 0.717) is 17.8 Å². The Labute approximate surface area is 142 Å². The van der Waals surface area contributed by atoms with Crippen LogP contribution in [0.3, 0.4) is 0 Å². The molecule has 1 atom stereocenters. The summed E-state index contributed by atoms with van der Waals surface area (Å²) in [7, 11) is 0. The molecule has 7 heteroatoms. The van der Waals surface area contributed by atoms with E-state index in [1.807, 2.05) is 12.3 Å². The second-order valence-corrected chi connectivity index (χ2v) is 6.10. The van der Waals surface area contributed by atoms with Gasteiger partial charge in [0.25, 0.3) is 0 Å². The first-order valence-electron chi connectivity index (χ1n) is 7.57. The van der Waals surface area contributed by atoms with Gasteiger partial charge in [-0.3, -0.25) is 4.57 Å². The fraction of sp³-hybridized carbons (Fsp3) is 0.235. The summed E-state index contributed by atoms with van der Waals surface area (Å²) in [4.78, 5) is 20.8. The zero-order valence-corrected chi connectivity index (χ0v) is 13.9. The first-order chi connectivity index (χ1) is 11.7. The fourth-order valence-corrected chi connectivity index (χ4v) is 3.03. The van der Waals surface area contributed by atoms with Crippen molar-refractivity contribution in [3.8, 4) is 5.69 Å². The van der Waals surface area contributed by atoms with E-state index in [4.69, 9.17) is 4.74 Å². The van der Waals surface area contributed by atoms with Crippen LogP contribution < -0.4 is 0 Å². The third-order valence-electron chi connectivity index (χ3n) is 3.48. The van der Waals surface area contributed by atoms with E-state index in [0.717, 1.165) is 11.4 Å². The SMILES string of the molecule is CCCC(OC(=O)c1cncn1-c1ccc(F)cc1)c1nccs1. The summed E-state index contributed by atoms with van der Waals surface area (Å²) in [5.74, 6) is -0.819. The van der Waals surface area contributed by atoms with Gasteiger partial charge < -0.3 is 4.74 Å². The molecule has 124 valence electrons. The number of benzene rings is 1. The van der Waals surface area contributed by atoms with E-state index >= 15 is 0 Å². The molecule has 0 spiro atoms. The van der Waals surface area contributed by atoms with E-state index < -0.39 is 5.97 Å². The highest BCUT2D eigenvalue weighted by Crippen LogP contribution is 2.26. The average molecular weight is 345 g/mol. The van der Waals surface area contributed by atoms with Gasteiger partial charge in [0.05, 0.1) is 12.5 Å². The average Bonchev–Trinajstić information content (AvgIpc) is 3.27. The van der Waals surface area contributed by atoms with Gasteiger partial charge >= 0.3 is 5.97 Å². The Balaban J connectivity index is 1.83. The lowest BCUT2D eigenvalue weighted by atomic mass is 10.2. The van der Waals surface area contributed by atoms with Crippen LogP contribution >= 0.6 is 11.3 Å². The van der Waals surface area contributed by atoms with Crippen LogP contribution in [0.25, 0.3) is 5.69 Å². The number of thiazole rings is 1. The maximum atomic E-state index is 13.1. The van der Waals surface area contributed by atoms with Crippen LogP contribution in [0, 0.1) is 5.82 Å². The number of esters is 1. The lowest BCUT2D eigenvalue weighted by molar-refractivity contribution is 0.0265. The van der Waals surface area contributed by atoms with Crippen molar-refractivity contribution in [3.05, 3.63) is 64.9 Å². The van der Waals surface area contributed by atoms with Crippen LogP contribution in [0.1, 0.15) is 41.4 Å². The number of hydrogen-bond acceptors (Lipinski definition) is 5. The van der Waals surface area contributed by atoms with Gasteiger partial charge in [0.1, 0.15) is 10.8 Å². The van der Waals surface area contributed by atoms with E-state index in [-0.39, 0.29) is 11.9 Å². The number of halogens is 1. The minimum Gasteiger partial charge on any atom is -0.450 e. The van der Waals surface area contributed by atoms with Crippen LogP contribution in [-0.2, 0) is 4.74 Å². The number of carbonyl (C=O) groups excluding carboxylic acids is 1. The van der Waals surface area contributed by atoms with Crippen molar-refractivity contribution in [2.45, 2.75) is 25.9 Å². The molecule has 3 rings (SSSR count). The third-order valence-corrected chi connectivity index (χ3v) is 4.35. The Kier molecular flexibility index (Phi) is 5.00. The van der Waals surface area contributed by atoms with Gasteiger partial charge in [-0.05, 0) is 30.7 Å². The van der Waals surface area contributed by atoms with E-state index in [9.17, 15) is 9.18 Å². The van der Waals surface area contributed by atoms with Gasteiger partial charge in [-0.1, -0.05) is 13.3 Å². The van der Waals surface area contributed by atoms with Crippen molar-refractivity contribution in [1.29, 1.82) is 0 Å². The molecule has 0 bridgehead atoms. The molecule has 1 unspecified atom stereocenters. The monoisotopic (exact) mass is 345 g/mol. The number of aromatic nitrogens is 3. The lowest BCUT2D eigenvalue weighted by Crippen LogP contribution is -2.15.